The molecule has 0 aliphatic carbocycles. The quantitative estimate of drug-likeness (QED) is 0.438. The van der Waals surface area contributed by atoms with Crippen molar-refractivity contribution in [2.75, 3.05) is 19.6 Å². The summed E-state index contributed by atoms with van der Waals surface area (Å²) in [5.41, 5.74) is 0. The summed E-state index contributed by atoms with van der Waals surface area (Å²) >= 11 is 0. The summed E-state index contributed by atoms with van der Waals surface area (Å²) < 4.78 is 0. The van der Waals surface area contributed by atoms with Gasteiger partial charge in [-0.05, 0) is 6.54 Å². The van der Waals surface area contributed by atoms with Crippen molar-refractivity contribution >= 4 is 5.91 Å². The van der Waals surface area contributed by atoms with E-state index in [9.17, 15) is 20.1 Å². The first-order valence-corrected chi connectivity index (χ1v) is 5.49. The zero-order valence-electron chi connectivity index (χ0n) is 9.63. The molecule has 16 heavy (non-hydrogen) atoms. The Morgan fingerprint density at radius 1 is 1.31 bits per heavy atom. The predicted octanol–water partition coefficient (Wildman–Crippen LogP) is -2.09. The first-order valence-electron chi connectivity index (χ1n) is 5.49. The third-order valence-electron chi connectivity index (χ3n) is 2.89. The molecule has 1 saturated heterocycles. The van der Waals surface area contributed by atoms with Gasteiger partial charge in [0.25, 0.3) is 0 Å². The number of amides is 1. The van der Waals surface area contributed by atoms with E-state index in [2.05, 4.69) is 5.32 Å². The third-order valence-corrected chi connectivity index (χ3v) is 2.89. The van der Waals surface area contributed by atoms with Gasteiger partial charge < -0.3 is 20.6 Å². The maximum Gasteiger partial charge on any atom is 0.217 e. The summed E-state index contributed by atoms with van der Waals surface area (Å²) in [5, 5.41) is 31.6. The van der Waals surface area contributed by atoms with E-state index >= 15 is 0 Å². The van der Waals surface area contributed by atoms with Crippen molar-refractivity contribution in [3.8, 4) is 0 Å². The first kappa shape index (κ1) is 13.4. The first-order chi connectivity index (χ1) is 7.45. The number of carbonyl (C=O) groups is 1. The lowest BCUT2D eigenvalue weighted by atomic mass is 10.0. The fraction of sp³-hybridized carbons (Fsp3) is 0.900. The molecule has 1 fully saturated rings. The highest BCUT2D eigenvalue weighted by atomic mass is 16.4. The van der Waals surface area contributed by atoms with E-state index in [0.29, 0.717) is 19.6 Å². The topological polar surface area (TPSA) is 93.0 Å². The van der Waals surface area contributed by atoms with Crippen LogP contribution in [0.25, 0.3) is 0 Å². The fourth-order valence-corrected chi connectivity index (χ4v) is 1.95. The number of nitrogens with one attached hydrogen (secondary N) is 1. The average Bonchev–Trinajstić information content (AvgIpc) is 2.31. The van der Waals surface area contributed by atoms with Crippen LogP contribution in [0.5, 0.6) is 0 Å². The molecule has 0 unspecified atom stereocenters. The molecule has 1 aliphatic heterocycles. The highest BCUT2D eigenvalue weighted by Gasteiger charge is 2.36. The van der Waals surface area contributed by atoms with E-state index < -0.39 is 24.4 Å². The molecular formula is C10H20N2O4. The summed E-state index contributed by atoms with van der Waals surface area (Å²) in [5.74, 6) is -0.260. The molecule has 0 aromatic carbocycles. The molecule has 6 nitrogen and oxygen atoms in total. The van der Waals surface area contributed by atoms with Crippen molar-refractivity contribution in [1.82, 2.24) is 10.2 Å². The molecule has 0 aromatic heterocycles. The maximum absolute atomic E-state index is 11.0. The van der Waals surface area contributed by atoms with Crippen molar-refractivity contribution in [2.45, 2.75) is 38.2 Å². The number of hydrogen-bond donors (Lipinski definition) is 4. The van der Waals surface area contributed by atoms with Crippen LogP contribution in [0.1, 0.15) is 13.8 Å². The van der Waals surface area contributed by atoms with Gasteiger partial charge in [-0.25, -0.2) is 0 Å². The second-order valence-corrected chi connectivity index (χ2v) is 4.21. The number of likely N-dealkylation sites (N-methyl/N-ethyl adjacent to an activating group) is 1. The van der Waals surface area contributed by atoms with E-state index in [0.717, 1.165) is 0 Å². The van der Waals surface area contributed by atoms with Gasteiger partial charge in [-0.3, -0.25) is 9.69 Å². The minimum Gasteiger partial charge on any atom is -0.389 e. The van der Waals surface area contributed by atoms with Crippen LogP contribution in [0.3, 0.4) is 0 Å². The lowest BCUT2D eigenvalue weighted by molar-refractivity contribution is -0.121. The molecule has 1 aliphatic rings. The number of aliphatic hydroxyl groups excluding tert-OH is 3. The molecule has 0 bridgehead atoms. The second-order valence-electron chi connectivity index (χ2n) is 4.21. The van der Waals surface area contributed by atoms with Gasteiger partial charge in [0.2, 0.25) is 5.91 Å². The van der Waals surface area contributed by atoms with E-state index in [-0.39, 0.29) is 5.91 Å². The standard InChI is InChI=1S/C10H20N2O4/c1-3-12-4-7(11-6(2)13)9(15)10(16)8(14)5-12/h7-10,14-16H,3-5H2,1-2H3,(H,11,13)/t7-,8+,9+,10+/m0/s1. The fourth-order valence-electron chi connectivity index (χ4n) is 1.95. The smallest absolute Gasteiger partial charge is 0.217 e. The van der Waals surface area contributed by atoms with Crippen LogP contribution >= 0.6 is 0 Å². The molecule has 94 valence electrons. The summed E-state index contributed by atoms with van der Waals surface area (Å²) in [6.07, 6.45) is -3.36. The summed E-state index contributed by atoms with van der Waals surface area (Å²) in [4.78, 5) is 12.8. The summed E-state index contributed by atoms with van der Waals surface area (Å²) in [6.45, 7) is 4.68. The molecule has 1 rings (SSSR count). The molecule has 4 N–H and O–H groups in total. The Morgan fingerprint density at radius 3 is 2.44 bits per heavy atom. The van der Waals surface area contributed by atoms with Gasteiger partial charge in [-0.2, -0.15) is 0 Å². The SMILES string of the molecule is CCN1C[C@@H](O)[C@@H](O)[C@H](O)[C@@H](NC(C)=O)C1. The minimum absolute atomic E-state index is 0.260. The van der Waals surface area contributed by atoms with Gasteiger partial charge >= 0.3 is 0 Å². The van der Waals surface area contributed by atoms with E-state index in [1.165, 1.54) is 6.92 Å². The van der Waals surface area contributed by atoms with Crippen LogP contribution in [0, 0.1) is 0 Å². The third kappa shape index (κ3) is 3.15. The van der Waals surface area contributed by atoms with Crippen molar-refractivity contribution in [3.63, 3.8) is 0 Å². The Bertz CT molecular complexity index is 249. The lowest BCUT2D eigenvalue weighted by Gasteiger charge is -2.26. The zero-order valence-corrected chi connectivity index (χ0v) is 9.63. The lowest BCUT2D eigenvalue weighted by Crippen LogP contribution is -2.52. The molecular weight excluding hydrogens is 212 g/mol. The number of β-amino-alcohol motifs (C(OH)–C–C–N with tert-alkyl or cyclic N) is 1. The van der Waals surface area contributed by atoms with Gasteiger partial charge in [0.15, 0.2) is 0 Å². The van der Waals surface area contributed by atoms with Crippen molar-refractivity contribution in [1.29, 1.82) is 0 Å². The molecule has 0 saturated carbocycles. The van der Waals surface area contributed by atoms with Crippen LogP contribution in [-0.2, 0) is 4.79 Å². The molecule has 1 heterocycles. The van der Waals surface area contributed by atoms with Crippen LogP contribution in [-0.4, -0.2) is 70.1 Å². The molecule has 4 atom stereocenters. The highest BCUT2D eigenvalue weighted by molar-refractivity contribution is 5.73. The number of aliphatic hydroxyl groups is 3. The Morgan fingerprint density at radius 2 is 1.94 bits per heavy atom. The normalized spacial score (nSPS) is 36.8. The molecule has 1 amide bonds. The van der Waals surface area contributed by atoms with Gasteiger partial charge in [-0.15, -0.1) is 0 Å². The minimum atomic E-state index is -1.23. The Hall–Kier alpha value is -0.690. The van der Waals surface area contributed by atoms with Gasteiger partial charge in [0.1, 0.15) is 12.2 Å². The number of rotatable bonds is 2. The summed E-state index contributed by atoms with van der Waals surface area (Å²) in [7, 11) is 0. The average molecular weight is 232 g/mol. The van der Waals surface area contributed by atoms with E-state index in [1.807, 2.05) is 11.8 Å². The Kier molecular flexibility index (Phi) is 4.67. The second kappa shape index (κ2) is 5.58. The number of carbonyl (C=O) groups excluding carboxylic acids is 1. The van der Waals surface area contributed by atoms with E-state index in [4.69, 9.17) is 0 Å². The molecule has 6 heteroatoms. The zero-order chi connectivity index (χ0) is 12.3. The maximum atomic E-state index is 11.0. The Balaban J connectivity index is 2.76. The Labute approximate surface area is 94.9 Å². The van der Waals surface area contributed by atoms with Gasteiger partial charge in [-0.1, -0.05) is 6.92 Å². The molecule has 0 aromatic rings. The monoisotopic (exact) mass is 232 g/mol. The molecule has 0 radical (unpaired) electrons. The van der Waals surface area contributed by atoms with E-state index in [1.54, 1.807) is 0 Å². The van der Waals surface area contributed by atoms with Crippen LogP contribution in [0.4, 0.5) is 0 Å². The van der Waals surface area contributed by atoms with Crippen LogP contribution in [0.2, 0.25) is 0 Å². The molecule has 0 spiro atoms. The van der Waals surface area contributed by atoms with Crippen LogP contribution in [0.15, 0.2) is 0 Å². The predicted molar refractivity (Wildman–Crippen MR) is 57.7 cm³/mol. The van der Waals surface area contributed by atoms with Crippen molar-refractivity contribution in [3.05, 3.63) is 0 Å². The largest absolute Gasteiger partial charge is 0.389 e. The number of hydrogen-bond acceptors (Lipinski definition) is 5. The summed E-state index contributed by atoms with van der Waals surface area (Å²) in [6, 6.07) is -0.551. The number of nitrogens with zero attached hydrogens (tertiary/aromatic N) is 1. The number of likely N-dealkylation sites (tertiary alicyclic amines) is 1. The van der Waals surface area contributed by atoms with Crippen LogP contribution < -0.4 is 5.32 Å². The van der Waals surface area contributed by atoms with Crippen molar-refractivity contribution < 1.29 is 20.1 Å². The highest BCUT2D eigenvalue weighted by Crippen LogP contribution is 2.13. The van der Waals surface area contributed by atoms with Gasteiger partial charge in [0, 0.05) is 20.0 Å². The van der Waals surface area contributed by atoms with Gasteiger partial charge in [0.05, 0.1) is 12.1 Å². The van der Waals surface area contributed by atoms with Crippen molar-refractivity contribution in [2.24, 2.45) is 0 Å².